The van der Waals surface area contributed by atoms with Gasteiger partial charge >= 0.3 is 6.09 Å². The van der Waals surface area contributed by atoms with Gasteiger partial charge in [0.05, 0.1) is 11.6 Å². The molecule has 3 N–H and O–H groups in total. The number of carbonyl (C=O) groups excluding carboxylic acids is 3. The molecule has 0 spiro atoms. The molecule has 9 nitrogen and oxygen atoms in total. The Balaban J connectivity index is 1.50. The summed E-state index contributed by atoms with van der Waals surface area (Å²) in [4.78, 5) is 37.7. The fourth-order valence-electron chi connectivity index (χ4n) is 4.32. The van der Waals surface area contributed by atoms with Crippen molar-refractivity contribution in [1.82, 2.24) is 15.4 Å². The second kappa shape index (κ2) is 7.86. The summed E-state index contributed by atoms with van der Waals surface area (Å²) in [5, 5.41) is 7.16. The average molecular weight is 428 g/mol. The van der Waals surface area contributed by atoms with Gasteiger partial charge in [-0.05, 0) is 57.6 Å². The topological polar surface area (TPSA) is 128 Å². The molecule has 166 valence electrons. The van der Waals surface area contributed by atoms with E-state index in [2.05, 4.69) is 10.5 Å². The molecule has 3 amide bonds. The summed E-state index contributed by atoms with van der Waals surface area (Å²) in [5.41, 5.74) is 8.37. The first-order valence-corrected chi connectivity index (χ1v) is 10.6. The van der Waals surface area contributed by atoms with Gasteiger partial charge in [-0.1, -0.05) is 11.2 Å². The Bertz CT molecular complexity index is 1030. The van der Waals surface area contributed by atoms with Crippen LogP contribution in [0.3, 0.4) is 0 Å². The number of piperidine rings is 2. The van der Waals surface area contributed by atoms with Crippen molar-refractivity contribution in [1.29, 1.82) is 0 Å². The van der Waals surface area contributed by atoms with Gasteiger partial charge in [0.2, 0.25) is 11.8 Å². The van der Waals surface area contributed by atoms with E-state index in [4.69, 9.17) is 15.0 Å². The van der Waals surface area contributed by atoms with Crippen LogP contribution in [0.15, 0.2) is 16.7 Å². The lowest BCUT2D eigenvalue weighted by Gasteiger charge is -2.34. The second-order valence-corrected chi connectivity index (χ2v) is 9.26. The molecule has 0 radical (unpaired) electrons. The Kier molecular flexibility index (Phi) is 5.36. The Morgan fingerprint density at radius 3 is 2.58 bits per heavy atom. The van der Waals surface area contributed by atoms with Gasteiger partial charge < -0.3 is 19.9 Å². The van der Waals surface area contributed by atoms with Gasteiger partial charge in [-0.25, -0.2) is 4.79 Å². The van der Waals surface area contributed by atoms with Crippen LogP contribution in [0.2, 0.25) is 0 Å². The minimum absolute atomic E-state index is 0.187. The monoisotopic (exact) mass is 428 g/mol. The van der Waals surface area contributed by atoms with E-state index in [1.54, 1.807) is 4.90 Å². The molecule has 2 fully saturated rings. The van der Waals surface area contributed by atoms with E-state index < -0.39 is 11.5 Å². The minimum Gasteiger partial charge on any atom is -0.444 e. The average Bonchev–Trinajstić information content (AvgIpc) is 3.12. The number of likely N-dealkylation sites (tertiary alicyclic amines) is 1. The number of carbonyl (C=O) groups is 3. The normalized spacial score (nSPS) is 20.7. The van der Waals surface area contributed by atoms with E-state index in [0.29, 0.717) is 41.9 Å². The van der Waals surface area contributed by atoms with Crippen LogP contribution >= 0.6 is 0 Å². The highest BCUT2D eigenvalue weighted by atomic mass is 16.6. The van der Waals surface area contributed by atoms with Crippen molar-refractivity contribution in [3.63, 3.8) is 0 Å². The summed E-state index contributed by atoms with van der Waals surface area (Å²) >= 11 is 0. The van der Waals surface area contributed by atoms with Gasteiger partial charge in [-0.15, -0.1) is 0 Å². The van der Waals surface area contributed by atoms with Crippen LogP contribution < -0.4 is 11.1 Å². The van der Waals surface area contributed by atoms with Crippen LogP contribution in [-0.4, -0.2) is 46.7 Å². The number of rotatable bonds is 2. The maximum Gasteiger partial charge on any atom is 0.410 e. The molecule has 2 aliphatic heterocycles. The molecule has 0 bridgehead atoms. The Labute approximate surface area is 180 Å². The fraction of sp³-hybridized carbons (Fsp3) is 0.545. The standard InChI is InChI=1S/C22H28N4O5/c1-22(2,3)30-21(29)26-10-8-12(9-11-26)13-4-5-14-18(25-31-19(14)17(13)23)15-6-7-16(27)24-20(15)28/h4-5,12,15H,6-11,23H2,1-3H3,(H,24,27,28). The largest absolute Gasteiger partial charge is 0.444 e. The summed E-state index contributed by atoms with van der Waals surface area (Å²) in [5.74, 6) is -0.967. The molecule has 1 atom stereocenters. The van der Waals surface area contributed by atoms with Crippen LogP contribution in [0.5, 0.6) is 0 Å². The number of imide groups is 1. The number of ether oxygens (including phenoxy) is 1. The number of nitrogens with zero attached hydrogens (tertiary/aromatic N) is 2. The van der Waals surface area contributed by atoms with E-state index >= 15 is 0 Å². The molecule has 1 aromatic carbocycles. The van der Waals surface area contributed by atoms with Gasteiger partial charge in [-0.2, -0.15) is 0 Å². The fourth-order valence-corrected chi connectivity index (χ4v) is 4.32. The summed E-state index contributed by atoms with van der Waals surface area (Å²) < 4.78 is 11.0. The summed E-state index contributed by atoms with van der Waals surface area (Å²) in [7, 11) is 0. The van der Waals surface area contributed by atoms with Crippen LogP contribution in [0.25, 0.3) is 11.0 Å². The number of amides is 3. The highest BCUT2D eigenvalue weighted by Crippen LogP contribution is 2.39. The number of hydrogen-bond donors (Lipinski definition) is 2. The van der Waals surface area contributed by atoms with Crippen molar-refractivity contribution in [3.05, 3.63) is 23.4 Å². The number of aromatic nitrogens is 1. The summed E-state index contributed by atoms with van der Waals surface area (Å²) in [6, 6.07) is 3.84. The predicted molar refractivity (Wildman–Crippen MR) is 113 cm³/mol. The Morgan fingerprint density at radius 1 is 1.23 bits per heavy atom. The van der Waals surface area contributed by atoms with E-state index in [1.165, 1.54) is 0 Å². The van der Waals surface area contributed by atoms with Gasteiger partial charge in [0.1, 0.15) is 11.3 Å². The zero-order valence-corrected chi connectivity index (χ0v) is 18.1. The van der Waals surface area contributed by atoms with Gasteiger partial charge in [-0.3, -0.25) is 14.9 Å². The number of nitrogens with two attached hydrogens (primary N) is 1. The highest BCUT2D eigenvalue weighted by Gasteiger charge is 2.33. The zero-order valence-electron chi connectivity index (χ0n) is 18.1. The number of nitrogens with one attached hydrogen (secondary N) is 1. The Morgan fingerprint density at radius 2 is 1.94 bits per heavy atom. The molecule has 4 rings (SSSR count). The van der Waals surface area contributed by atoms with Crippen molar-refractivity contribution >= 4 is 34.6 Å². The molecule has 9 heteroatoms. The number of benzene rings is 1. The zero-order chi connectivity index (χ0) is 22.3. The lowest BCUT2D eigenvalue weighted by Crippen LogP contribution is -2.41. The molecule has 0 saturated carbocycles. The molecule has 1 unspecified atom stereocenters. The van der Waals surface area contributed by atoms with Crippen LogP contribution in [-0.2, 0) is 14.3 Å². The van der Waals surface area contributed by atoms with Gasteiger partial charge in [0.25, 0.3) is 0 Å². The maximum absolute atomic E-state index is 12.3. The van der Waals surface area contributed by atoms with E-state index in [9.17, 15) is 14.4 Å². The SMILES string of the molecule is CC(C)(C)OC(=O)N1CCC(c2ccc3c(C4CCC(=O)NC4=O)noc3c2N)CC1. The number of hydrogen-bond acceptors (Lipinski definition) is 7. The van der Waals surface area contributed by atoms with Gasteiger partial charge in [0, 0.05) is 24.9 Å². The molecule has 3 heterocycles. The van der Waals surface area contributed by atoms with Crippen LogP contribution in [0.1, 0.15) is 69.5 Å². The quantitative estimate of drug-likeness (QED) is 0.556. The number of nitrogen functional groups attached to an aromatic ring is 1. The van der Waals surface area contributed by atoms with Gasteiger partial charge in [0.15, 0.2) is 5.58 Å². The Hall–Kier alpha value is -3.10. The molecule has 2 aliphatic rings. The summed E-state index contributed by atoms with van der Waals surface area (Å²) in [6.45, 7) is 6.75. The molecule has 2 aromatic rings. The number of fused-ring (bicyclic) bond motifs is 1. The smallest absolute Gasteiger partial charge is 0.410 e. The first kappa shape index (κ1) is 21.1. The predicted octanol–water partition coefficient (Wildman–Crippen LogP) is 3.04. The summed E-state index contributed by atoms with van der Waals surface area (Å²) in [6.07, 6.45) is 1.91. The van der Waals surface area contributed by atoms with Crippen molar-refractivity contribution < 1.29 is 23.6 Å². The van der Waals surface area contributed by atoms with E-state index in [0.717, 1.165) is 18.4 Å². The molecule has 2 saturated heterocycles. The molecular weight excluding hydrogens is 400 g/mol. The lowest BCUT2D eigenvalue weighted by atomic mass is 9.87. The molecule has 31 heavy (non-hydrogen) atoms. The van der Waals surface area contributed by atoms with E-state index in [1.807, 2.05) is 32.9 Å². The first-order valence-electron chi connectivity index (χ1n) is 10.6. The second-order valence-electron chi connectivity index (χ2n) is 9.26. The van der Waals surface area contributed by atoms with Crippen molar-refractivity contribution in [2.45, 2.75) is 63.9 Å². The third-order valence-corrected chi connectivity index (χ3v) is 5.90. The first-order chi connectivity index (χ1) is 14.6. The van der Waals surface area contributed by atoms with Crippen LogP contribution in [0.4, 0.5) is 10.5 Å². The third-order valence-electron chi connectivity index (χ3n) is 5.90. The lowest BCUT2D eigenvalue weighted by molar-refractivity contribution is -0.134. The van der Waals surface area contributed by atoms with Crippen LogP contribution in [0, 0.1) is 0 Å². The molecule has 0 aliphatic carbocycles. The molecule has 1 aromatic heterocycles. The maximum atomic E-state index is 12.3. The van der Waals surface area contributed by atoms with E-state index in [-0.39, 0.29) is 30.2 Å². The third kappa shape index (κ3) is 4.22. The van der Waals surface area contributed by atoms with Crippen molar-refractivity contribution in [2.24, 2.45) is 0 Å². The van der Waals surface area contributed by atoms with Crippen molar-refractivity contribution in [2.75, 3.05) is 18.8 Å². The molecular formula is C22H28N4O5. The minimum atomic E-state index is -0.527. The number of anilines is 1. The highest BCUT2D eigenvalue weighted by molar-refractivity contribution is 6.03. The van der Waals surface area contributed by atoms with Crippen molar-refractivity contribution in [3.8, 4) is 0 Å².